The molecule has 6 heteroatoms. The first-order chi connectivity index (χ1) is 36.0. The van der Waals surface area contributed by atoms with Crippen LogP contribution in [0, 0.1) is 0 Å². The third-order valence-corrected chi connectivity index (χ3v) is 15.3. The standard InChI is InChI=1S/C67H128O6/c1-4-7-10-13-16-19-22-25-28-29-30-31-32-33-34-35-36-37-38-40-42-45-48-51-54-57-60-66(69)72-63-64(62-71-65(68)59-56-53-50-47-44-41-27-24-21-18-15-12-9-6-3)73-67(70)61-58-55-52-49-46-43-39-26-23-20-17-14-11-8-5-2/h26,39,64H,4-25,27-38,40-63H2,1-3H3/b39-26-. The topological polar surface area (TPSA) is 78.9 Å². The molecule has 432 valence electrons. The molecule has 0 aliphatic carbocycles. The molecule has 0 saturated heterocycles. The number of carbonyl (C=O) groups is 3. The van der Waals surface area contributed by atoms with Crippen LogP contribution in [0.25, 0.3) is 0 Å². The summed E-state index contributed by atoms with van der Waals surface area (Å²) in [6.45, 7) is 6.70. The maximum absolute atomic E-state index is 12.9. The molecule has 0 bridgehead atoms. The van der Waals surface area contributed by atoms with Crippen LogP contribution in [0.1, 0.15) is 380 Å². The van der Waals surface area contributed by atoms with Gasteiger partial charge in [0.25, 0.3) is 0 Å². The Balaban J connectivity index is 4.19. The van der Waals surface area contributed by atoms with Crippen LogP contribution >= 0.6 is 0 Å². The molecule has 0 saturated carbocycles. The summed E-state index contributed by atoms with van der Waals surface area (Å²) in [6, 6.07) is 0. The number of carbonyl (C=O) groups excluding carboxylic acids is 3. The van der Waals surface area contributed by atoms with Crippen LogP contribution in [-0.4, -0.2) is 37.2 Å². The molecule has 0 heterocycles. The molecular formula is C67H128O6. The molecule has 73 heavy (non-hydrogen) atoms. The van der Waals surface area contributed by atoms with Crippen LogP contribution < -0.4 is 0 Å². The van der Waals surface area contributed by atoms with Crippen LogP contribution in [0.4, 0.5) is 0 Å². The van der Waals surface area contributed by atoms with Crippen molar-refractivity contribution in [3.05, 3.63) is 12.2 Å². The van der Waals surface area contributed by atoms with Gasteiger partial charge in [0.05, 0.1) is 0 Å². The second-order valence-electron chi connectivity index (χ2n) is 22.7. The molecule has 0 aliphatic heterocycles. The highest BCUT2D eigenvalue weighted by Gasteiger charge is 2.19. The molecule has 0 spiro atoms. The first-order valence-corrected chi connectivity index (χ1v) is 33.2. The van der Waals surface area contributed by atoms with E-state index in [4.69, 9.17) is 14.2 Å². The van der Waals surface area contributed by atoms with E-state index in [2.05, 4.69) is 32.9 Å². The van der Waals surface area contributed by atoms with Crippen molar-refractivity contribution in [3.63, 3.8) is 0 Å². The van der Waals surface area contributed by atoms with E-state index in [1.54, 1.807) is 0 Å². The lowest BCUT2D eigenvalue weighted by Gasteiger charge is -2.18. The summed E-state index contributed by atoms with van der Waals surface area (Å²) in [5, 5.41) is 0. The Hall–Kier alpha value is -1.85. The van der Waals surface area contributed by atoms with E-state index in [1.807, 2.05) is 0 Å². The Morgan fingerprint density at radius 2 is 0.452 bits per heavy atom. The summed E-state index contributed by atoms with van der Waals surface area (Å²) in [4.78, 5) is 38.3. The highest BCUT2D eigenvalue weighted by molar-refractivity contribution is 5.71. The average molecular weight is 1030 g/mol. The fourth-order valence-electron chi connectivity index (χ4n) is 10.3. The molecular weight excluding hydrogens is 901 g/mol. The molecule has 0 rings (SSSR count). The van der Waals surface area contributed by atoms with Crippen molar-refractivity contribution in [1.82, 2.24) is 0 Å². The summed E-state index contributed by atoms with van der Waals surface area (Å²) in [5.74, 6) is -0.845. The number of ether oxygens (including phenoxy) is 3. The van der Waals surface area contributed by atoms with E-state index in [9.17, 15) is 14.4 Å². The van der Waals surface area contributed by atoms with Gasteiger partial charge in [-0.25, -0.2) is 0 Å². The predicted molar refractivity (Wildman–Crippen MR) is 317 cm³/mol. The van der Waals surface area contributed by atoms with Crippen LogP contribution in [0.3, 0.4) is 0 Å². The summed E-state index contributed by atoms with van der Waals surface area (Å²) >= 11 is 0. The van der Waals surface area contributed by atoms with Crippen LogP contribution in [0.5, 0.6) is 0 Å². The Bertz CT molecular complexity index is 1130. The number of hydrogen-bond acceptors (Lipinski definition) is 6. The smallest absolute Gasteiger partial charge is 0.306 e. The first kappa shape index (κ1) is 71.2. The van der Waals surface area contributed by atoms with E-state index in [1.165, 1.54) is 276 Å². The normalized spacial score (nSPS) is 12.0. The largest absolute Gasteiger partial charge is 0.462 e. The van der Waals surface area contributed by atoms with Gasteiger partial charge in [-0.1, -0.05) is 328 Å². The van der Waals surface area contributed by atoms with Gasteiger partial charge in [0, 0.05) is 19.3 Å². The van der Waals surface area contributed by atoms with Crippen LogP contribution in [0.15, 0.2) is 12.2 Å². The third kappa shape index (κ3) is 60.9. The van der Waals surface area contributed by atoms with E-state index < -0.39 is 6.10 Å². The quantitative estimate of drug-likeness (QED) is 0.0261. The summed E-state index contributed by atoms with van der Waals surface area (Å²) in [5.41, 5.74) is 0. The minimum Gasteiger partial charge on any atom is -0.462 e. The number of allylic oxidation sites excluding steroid dienone is 2. The molecule has 0 aromatic heterocycles. The van der Waals surface area contributed by atoms with E-state index in [-0.39, 0.29) is 31.1 Å². The fraction of sp³-hybridized carbons (Fsp3) is 0.925. The van der Waals surface area contributed by atoms with Gasteiger partial charge in [0.1, 0.15) is 13.2 Å². The molecule has 0 amide bonds. The maximum Gasteiger partial charge on any atom is 0.306 e. The monoisotopic (exact) mass is 1030 g/mol. The van der Waals surface area contributed by atoms with Crippen LogP contribution in [-0.2, 0) is 28.6 Å². The number of hydrogen-bond donors (Lipinski definition) is 0. The molecule has 1 atom stereocenters. The van der Waals surface area contributed by atoms with E-state index in [0.29, 0.717) is 19.3 Å². The minimum absolute atomic E-state index is 0.0669. The van der Waals surface area contributed by atoms with E-state index >= 15 is 0 Å². The van der Waals surface area contributed by atoms with Crippen molar-refractivity contribution < 1.29 is 28.6 Å². The van der Waals surface area contributed by atoms with Gasteiger partial charge in [-0.2, -0.15) is 0 Å². The molecule has 1 unspecified atom stereocenters. The minimum atomic E-state index is -0.770. The van der Waals surface area contributed by atoms with Gasteiger partial charge < -0.3 is 14.2 Å². The Kier molecular flexibility index (Phi) is 61.1. The lowest BCUT2D eigenvalue weighted by atomic mass is 10.0. The van der Waals surface area contributed by atoms with Crippen molar-refractivity contribution in [1.29, 1.82) is 0 Å². The van der Waals surface area contributed by atoms with Crippen molar-refractivity contribution in [2.45, 2.75) is 386 Å². The van der Waals surface area contributed by atoms with Gasteiger partial charge in [0.15, 0.2) is 6.10 Å². The summed E-state index contributed by atoms with van der Waals surface area (Å²) < 4.78 is 16.9. The molecule has 0 aromatic carbocycles. The second kappa shape index (κ2) is 62.7. The predicted octanol–water partition coefficient (Wildman–Crippen LogP) is 22.4. The molecule has 0 aliphatic rings. The molecule has 0 aromatic rings. The van der Waals surface area contributed by atoms with Crippen LogP contribution in [0.2, 0.25) is 0 Å². The highest BCUT2D eigenvalue weighted by atomic mass is 16.6. The van der Waals surface area contributed by atoms with Gasteiger partial charge in [0.2, 0.25) is 0 Å². The second-order valence-corrected chi connectivity index (χ2v) is 22.7. The molecule has 0 radical (unpaired) electrons. The number of unbranched alkanes of at least 4 members (excludes halogenated alkanes) is 49. The zero-order chi connectivity index (χ0) is 52.9. The molecule has 6 nitrogen and oxygen atoms in total. The van der Waals surface area contributed by atoms with Gasteiger partial charge in [-0.05, 0) is 44.9 Å². The average Bonchev–Trinajstić information content (AvgIpc) is 3.39. The summed E-state index contributed by atoms with van der Waals surface area (Å²) in [7, 11) is 0. The van der Waals surface area contributed by atoms with Gasteiger partial charge in [-0.3, -0.25) is 14.4 Å². The van der Waals surface area contributed by atoms with Gasteiger partial charge >= 0.3 is 17.9 Å². The SMILES string of the molecule is CCCCCCCC/C=C\CCCCCCCC(=O)OC(COC(=O)CCCCCCCCCCCCCCCC)COC(=O)CCCCCCCCCCCCCCCCCCCCCCCCCCCC. The van der Waals surface area contributed by atoms with Gasteiger partial charge in [-0.15, -0.1) is 0 Å². The number of rotatable bonds is 62. The Labute approximate surface area is 456 Å². The number of esters is 3. The summed E-state index contributed by atoms with van der Waals surface area (Å²) in [6.07, 6.45) is 73.8. The zero-order valence-corrected chi connectivity index (χ0v) is 49.7. The maximum atomic E-state index is 12.9. The Morgan fingerprint density at radius 1 is 0.260 bits per heavy atom. The lowest BCUT2D eigenvalue weighted by molar-refractivity contribution is -0.167. The lowest BCUT2D eigenvalue weighted by Crippen LogP contribution is -2.30. The van der Waals surface area contributed by atoms with Crippen molar-refractivity contribution in [2.24, 2.45) is 0 Å². The molecule has 0 fully saturated rings. The fourth-order valence-corrected chi connectivity index (χ4v) is 10.3. The first-order valence-electron chi connectivity index (χ1n) is 33.2. The third-order valence-electron chi connectivity index (χ3n) is 15.3. The van der Waals surface area contributed by atoms with Crippen molar-refractivity contribution >= 4 is 17.9 Å². The Morgan fingerprint density at radius 3 is 0.685 bits per heavy atom. The highest BCUT2D eigenvalue weighted by Crippen LogP contribution is 2.18. The van der Waals surface area contributed by atoms with Crippen molar-refractivity contribution in [2.75, 3.05) is 13.2 Å². The zero-order valence-electron chi connectivity index (χ0n) is 49.7. The van der Waals surface area contributed by atoms with E-state index in [0.717, 1.165) is 64.2 Å². The van der Waals surface area contributed by atoms with Crippen molar-refractivity contribution in [3.8, 4) is 0 Å². The molecule has 0 N–H and O–H groups in total.